The van der Waals surface area contributed by atoms with Gasteiger partial charge in [0.2, 0.25) is 5.91 Å². The maximum absolute atomic E-state index is 13.0. The van der Waals surface area contributed by atoms with Crippen molar-refractivity contribution in [3.63, 3.8) is 0 Å². The number of anilines is 2. The second-order valence-electron chi connectivity index (χ2n) is 5.85. The summed E-state index contributed by atoms with van der Waals surface area (Å²) in [5, 5.41) is 6.29. The summed E-state index contributed by atoms with van der Waals surface area (Å²) in [5.74, 6) is -0.303. The first-order valence-electron chi connectivity index (χ1n) is 6.91. The minimum atomic E-state index is -0.608. The Kier molecular flexibility index (Phi) is 3.16. The van der Waals surface area contributed by atoms with Gasteiger partial charge in [-0.05, 0) is 49.7 Å². The predicted molar refractivity (Wildman–Crippen MR) is 81.6 cm³/mol. The third-order valence-electron chi connectivity index (χ3n) is 3.98. The summed E-state index contributed by atoms with van der Waals surface area (Å²) in [5.41, 5.74) is 2.04. The van der Waals surface area contributed by atoms with Crippen molar-refractivity contribution in [1.82, 2.24) is 0 Å². The number of hydrogen-bond acceptors (Lipinski definition) is 2. The zero-order chi connectivity index (χ0) is 15.0. The number of carbonyl (C=O) groups excluding carboxylic acids is 1. The summed E-state index contributed by atoms with van der Waals surface area (Å²) >= 11 is 0. The van der Waals surface area contributed by atoms with Crippen LogP contribution in [0.2, 0.25) is 0 Å². The minimum absolute atomic E-state index is 0.0270. The van der Waals surface area contributed by atoms with Crippen molar-refractivity contribution in [3.8, 4) is 0 Å². The van der Waals surface area contributed by atoms with E-state index in [4.69, 9.17) is 0 Å². The van der Waals surface area contributed by atoms with Crippen LogP contribution in [0.3, 0.4) is 0 Å². The number of fused-ring (bicyclic) bond motifs is 1. The van der Waals surface area contributed by atoms with Gasteiger partial charge in [-0.3, -0.25) is 4.79 Å². The van der Waals surface area contributed by atoms with Gasteiger partial charge < -0.3 is 10.6 Å². The molecule has 1 atom stereocenters. The third kappa shape index (κ3) is 2.37. The van der Waals surface area contributed by atoms with Gasteiger partial charge in [-0.2, -0.15) is 0 Å². The molecule has 2 N–H and O–H groups in total. The van der Waals surface area contributed by atoms with Gasteiger partial charge in [0, 0.05) is 11.4 Å². The molecule has 21 heavy (non-hydrogen) atoms. The van der Waals surface area contributed by atoms with Crippen LogP contribution in [0.25, 0.3) is 0 Å². The van der Waals surface area contributed by atoms with Crippen molar-refractivity contribution in [2.24, 2.45) is 5.41 Å². The lowest BCUT2D eigenvalue weighted by Gasteiger charge is -2.39. The van der Waals surface area contributed by atoms with Crippen LogP contribution in [0.15, 0.2) is 48.5 Å². The molecule has 0 saturated carbocycles. The summed E-state index contributed by atoms with van der Waals surface area (Å²) in [6, 6.07) is 13.7. The fraction of sp³-hybridized carbons (Fsp3) is 0.235. The van der Waals surface area contributed by atoms with Crippen LogP contribution in [0.4, 0.5) is 15.8 Å². The molecule has 0 saturated heterocycles. The molecule has 1 heterocycles. The molecular weight excluding hydrogens is 267 g/mol. The molecule has 1 unspecified atom stereocenters. The van der Waals surface area contributed by atoms with E-state index in [1.54, 1.807) is 12.1 Å². The molecule has 2 aromatic rings. The van der Waals surface area contributed by atoms with Crippen LogP contribution >= 0.6 is 0 Å². The van der Waals surface area contributed by atoms with Gasteiger partial charge >= 0.3 is 0 Å². The molecule has 1 aliphatic rings. The second-order valence-corrected chi connectivity index (χ2v) is 5.85. The van der Waals surface area contributed by atoms with Crippen molar-refractivity contribution < 1.29 is 9.18 Å². The van der Waals surface area contributed by atoms with Crippen molar-refractivity contribution >= 4 is 17.3 Å². The Morgan fingerprint density at radius 2 is 1.76 bits per heavy atom. The van der Waals surface area contributed by atoms with Crippen molar-refractivity contribution in [2.45, 2.75) is 19.9 Å². The zero-order valence-electron chi connectivity index (χ0n) is 12.0. The van der Waals surface area contributed by atoms with E-state index in [1.807, 2.05) is 38.1 Å². The zero-order valence-corrected chi connectivity index (χ0v) is 12.0. The molecule has 0 aliphatic carbocycles. The Morgan fingerprint density at radius 1 is 1.10 bits per heavy atom. The monoisotopic (exact) mass is 284 g/mol. The lowest BCUT2D eigenvalue weighted by Crippen LogP contribution is -2.43. The Morgan fingerprint density at radius 3 is 2.48 bits per heavy atom. The summed E-state index contributed by atoms with van der Waals surface area (Å²) in [4.78, 5) is 12.3. The van der Waals surface area contributed by atoms with Crippen molar-refractivity contribution in [2.75, 3.05) is 10.6 Å². The Labute approximate surface area is 123 Å². The van der Waals surface area contributed by atoms with E-state index in [9.17, 15) is 9.18 Å². The Hall–Kier alpha value is -2.36. The highest BCUT2D eigenvalue weighted by Crippen LogP contribution is 2.43. The normalized spacial score (nSPS) is 19.6. The van der Waals surface area contributed by atoms with Crippen molar-refractivity contribution in [1.29, 1.82) is 0 Å². The number of benzene rings is 2. The number of amides is 1. The van der Waals surface area contributed by atoms with E-state index in [2.05, 4.69) is 10.6 Å². The number of rotatable bonds is 2. The quantitative estimate of drug-likeness (QED) is 0.876. The highest BCUT2D eigenvalue weighted by atomic mass is 19.1. The molecular formula is C17H17FN2O. The standard InChI is InChI=1S/C17H17FN2O/c1-17(2)15(19-12-9-7-11(18)8-10-12)13-5-3-4-6-14(13)20-16(17)21/h3-10,15,19H,1-2H3,(H,20,21). The van der Waals surface area contributed by atoms with E-state index in [-0.39, 0.29) is 17.8 Å². The van der Waals surface area contributed by atoms with Crippen LogP contribution in [-0.4, -0.2) is 5.91 Å². The molecule has 4 heteroatoms. The molecule has 3 rings (SSSR count). The number of carbonyl (C=O) groups is 1. The van der Waals surface area contributed by atoms with Crippen LogP contribution in [-0.2, 0) is 4.79 Å². The van der Waals surface area contributed by atoms with Gasteiger partial charge in [0.1, 0.15) is 5.82 Å². The fourth-order valence-corrected chi connectivity index (χ4v) is 2.64. The molecule has 0 fully saturated rings. The largest absolute Gasteiger partial charge is 0.377 e. The highest BCUT2D eigenvalue weighted by molar-refractivity contribution is 5.99. The SMILES string of the molecule is CC1(C)C(=O)Nc2ccccc2C1Nc1ccc(F)cc1. The molecule has 3 nitrogen and oxygen atoms in total. The minimum Gasteiger partial charge on any atom is -0.377 e. The van der Waals surface area contributed by atoms with E-state index in [1.165, 1.54) is 12.1 Å². The maximum atomic E-state index is 13.0. The first kappa shape index (κ1) is 13.6. The molecule has 0 bridgehead atoms. The third-order valence-corrected chi connectivity index (χ3v) is 3.98. The molecule has 0 spiro atoms. The lowest BCUT2D eigenvalue weighted by molar-refractivity contribution is -0.125. The molecule has 1 amide bonds. The van der Waals surface area contributed by atoms with Crippen LogP contribution < -0.4 is 10.6 Å². The summed E-state index contributed by atoms with van der Waals surface area (Å²) in [6.45, 7) is 3.80. The summed E-state index contributed by atoms with van der Waals surface area (Å²) < 4.78 is 13.0. The van der Waals surface area contributed by atoms with Gasteiger partial charge in [0.05, 0.1) is 11.5 Å². The van der Waals surface area contributed by atoms with Gasteiger partial charge in [0.15, 0.2) is 0 Å². The van der Waals surface area contributed by atoms with Gasteiger partial charge in [-0.15, -0.1) is 0 Å². The van der Waals surface area contributed by atoms with Crippen LogP contribution in [0.5, 0.6) is 0 Å². The molecule has 1 aliphatic heterocycles. The Bertz CT molecular complexity index is 679. The highest BCUT2D eigenvalue weighted by Gasteiger charge is 2.42. The summed E-state index contributed by atoms with van der Waals surface area (Å²) in [6.07, 6.45) is 0. The summed E-state index contributed by atoms with van der Waals surface area (Å²) in [7, 11) is 0. The maximum Gasteiger partial charge on any atom is 0.232 e. The smallest absolute Gasteiger partial charge is 0.232 e. The number of halogens is 1. The second kappa shape index (κ2) is 4.88. The first-order chi connectivity index (χ1) is 9.98. The van der Waals surface area contributed by atoms with Gasteiger partial charge in [0.25, 0.3) is 0 Å². The van der Waals surface area contributed by atoms with E-state index in [0.717, 1.165) is 16.9 Å². The predicted octanol–water partition coefficient (Wildman–Crippen LogP) is 3.96. The number of nitrogens with one attached hydrogen (secondary N) is 2. The number of hydrogen-bond donors (Lipinski definition) is 2. The van der Waals surface area contributed by atoms with Crippen LogP contribution in [0.1, 0.15) is 25.5 Å². The van der Waals surface area contributed by atoms with Crippen molar-refractivity contribution in [3.05, 3.63) is 59.9 Å². The van der Waals surface area contributed by atoms with Crippen LogP contribution in [0, 0.1) is 11.2 Å². The molecule has 0 radical (unpaired) electrons. The molecule has 2 aromatic carbocycles. The van der Waals surface area contributed by atoms with Gasteiger partial charge in [-0.25, -0.2) is 4.39 Å². The van der Waals surface area contributed by atoms with E-state index < -0.39 is 5.41 Å². The van der Waals surface area contributed by atoms with E-state index in [0.29, 0.717) is 0 Å². The van der Waals surface area contributed by atoms with Gasteiger partial charge in [-0.1, -0.05) is 18.2 Å². The Balaban J connectivity index is 2.01. The first-order valence-corrected chi connectivity index (χ1v) is 6.91. The lowest BCUT2D eigenvalue weighted by atomic mass is 9.76. The average Bonchev–Trinajstić information content (AvgIpc) is 2.46. The molecule has 0 aromatic heterocycles. The molecule has 108 valence electrons. The van der Waals surface area contributed by atoms with E-state index >= 15 is 0 Å². The topological polar surface area (TPSA) is 41.1 Å². The fourth-order valence-electron chi connectivity index (χ4n) is 2.64. The average molecular weight is 284 g/mol. The number of para-hydroxylation sites is 1.